The maximum atomic E-state index is 5.44. The number of aromatic nitrogens is 1. The summed E-state index contributed by atoms with van der Waals surface area (Å²) in [7, 11) is 3.98. The lowest BCUT2D eigenvalue weighted by Crippen LogP contribution is -2.13. The van der Waals surface area contributed by atoms with E-state index in [4.69, 9.17) is 4.74 Å². The topological polar surface area (TPSA) is 37.4 Å². The van der Waals surface area contributed by atoms with Crippen LogP contribution in [0.15, 0.2) is 42.6 Å². The van der Waals surface area contributed by atoms with E-state index in [0.717, 1.165) is 23.8 Å². The molecule has 0 amide bonds. The number of rotatable bonds is 6. The van der Waals surface area contributed by atoms with Crippen molar-refractivity contribution in [3.8, 4) is 5.75 Å². The van der Waals surface area contributed by atoms with E-state index in [0.29, 0.717) is 6.61 Å². The van der Waals surface area contributed by atoms with Gasteiger partial charge in [-0.3, -0.25) is 0 Å². The Hall–Kier alpha value is -2.23. The summed E-state index contributed by atoms with van der Waals surface area (Å²) in [5.74, 6) is 1.85. The van der Waals surface area contributed by atoms with Crippen molar-refractivity contribution in [2.24, 2.45) is 0 Å². The molecule has 106 valence electrons. The average Bonchev–Trinajstić information content (AvgIpc) is 2.47. The summed E-state index contributed by atoms with van der Waals surface area (Å²) in [5, 5.41) is 3.42. The number of ether oxygens (including phenoxy) is 1. The number of hydrogen-bond donors (Lipinski definition) is 1. The van der Waals surface area contributed by atoms with Crippen LogP contribution >= 0.6 is 0 Å². The number of nitrogens with zero attached hydrogens (tertiary/aromatic N) is 2. The molecule has 0 aliphatic heterocycles. The Morgan fingerprint density at radius 1 is 1.15 bits per heavy atom. The largest absolute Gasteiger partial charge is 0.494 e. The zero-order valence-electron chi connectivity index (χ0n) is 12.3. The second-order valence-corrected chi connectivity index (χ2v) is 4.70. The Labute approximate surface area is 120 Å². The van der Waals surface area contributed by atoms with Gasteiger partial charge in [0.25, 0.3) is 0 Å². The number of anilines is 2. The maximum Gasteiger partial charge on any atom is 0.151 e. The van der Waals surface area contributed by atoms with Gasteiger partial charge in [0.05, 0.1) is 12.3 Å². The molecule has 0 fully saturated rings. The van der Waals surface area contributed by atoms with Crippen molar-refractivity contribution < 1.29 is 4.74 Å². The van der Waals surface area contributed by atoms with Crippen molar-refractivity contribution >= 4 is 11.5 Å². The van der Waals surface area contributed by atoms with Crippen LogP contribution in [-0.2, 0) is 6.54 Å². The van der Waals surface area contributed by atoms with Crippen LogP contribution in [0.25, 0.3) is 0 Å². The summed E-state index contributed by atoms with van der Waals surface area (Å²) < 4.78 is 5.44. The molecule has 0 saturated heterocycles. The van der Waals surface area contributed by atoms with Gasteiger partial charge in [-0.15, -0.1) is 0 Å². The summed E-state index contributed by atoms with van der Waals surface area (Å²) in [6.07, 6.45) is 1.80. The number of nitrogens with one attached hydrogen (secondary N) is 1. The molecule has 20 heavy (non-hydrogen) atoms. The Balaban J connectivity index is 2.01. The fraction of sp³-hybridized carbons (Fsp3) is 0.312. The van der Waals surface area contributed by atoms with Crippen LogP contribution in [0.2, 0.25) is 0 Å². The second kappa shape index (κ2) is 6.80. The number of pyridine rings is 1. The molecule has 1 N–H and O–H groups in total. The maximum absolute atomic E-state index is 5.44. The number of hydrogen-bond acceptors (Lipinski definition) is 4. The standard InChI is InChI=1S/C16H21N3O/c1-4-20-14-9-7-13(8-10-14)12-18-15-6-5-11-17-16(15)19(2)3/h5-11,18H,4,12H2,1-3H3. The van der Waals surface area contributed by atoms with Gasteiger partial charge < -0.3 is 15.0 Å². The van der Waals surface area contributed by atoms with Crippen LogP contribution in [0, 0.1) is 0 Å². The summed E-state index contributed by atoms with van der Waals surface area (Å²) >= 11 is 0. The van der Waals surface area contributed by atoms with Crippen LogP contribution in [0.1, 0.15) is 12.5 Å². The molecule has 0 aliphatic carbocycles. The smallest absolute Gasteiger partial charge is 0.151 e. The first kappa shape index (κ1) is 14.2. The van der Waals surface area contributed by atoms with Crippen LogP contribution in [-0.4, -0.2) is 25.7 Å². The highest BCUT2D eigenvalue weighted by Crippen LogP contribution is 2.21. The molecule has 0 atom stereocenters. The van der Waals surface area contributed by atoms with E-state index in [9.17, 15) is 0 Å². The molecule has 0 bridgehead atoms. The van der Waals surface area contributed by atoms with Gasteiger partial charge >= 0.3 is 0 Å². The van der Waals surface area contributed by atoms with Crippen LogP contribution in [0.5, 0.6) is 5.75 Å². The summed E-state index contributed by atoms with van der Waals surface area (Å²) in [5.41, 5.74) is 2.24. The fourth-order valence-electron chi connectivity index (χ4n) is 1.96. The molecule has 0 radical (unpaired) electrons. The van der Waals surface area contributed by atoms with Gasteiger partial charge in [0.2, 0.25) is 0 Å². The van der Waals surface area contributed by atoms with Gasteiger partial charge in [-0.1, -0.05) is 12.1 Å². The van der Waals surface area contributed by atoms with Gasteiger partial charge in [-0.2, -0.15) is 0 Å². The molecule has 2 rings (SSSR count). The van der Waals surface area contributed by atoms with E-state index >= 15 is 0 Å². The Kier molecular flexibility index (Phi) is 4.82. The quantitative estimate of drug-likeness (QED) is 0.875. The van der Waals surface area contributed by atoms with Crippen molar-refractivity contribution in [3.05, 3.63) is 48.2 Å². The zero-order valence-corrected chi connectivity index (χ0v) is 12.3. The highest BCUT2D eigenvalue weighted by atomic mass is 16.5. The fourth-order valence-corrected chi connectivity index (χ4v) is 1.96. The molecule has 0 spiro atoms. The predicted octanol–water partition coefficient (Wildman–Crippen LogP) is 3.16. The van der Waals surface area contributed by atoms with Crippen molar-refractivity contribution in [2.45, 2.75) is 13.5 Å². The third-order valence-electron chi connectivity index (χ3n) is 2.93. The molecule has 4 nitrogen and oxygen atoms in total. The third kappa shape index (κ3) is 3.63. The zero-order chi connectivity index (χ0) is 14.4. The van der Waals surface area contributed by atoms with Crippen molar-refractivity contribution in [2.75, 3.05) is 30.9 Å². The molecule has 1 heterocycles. The van der Waals surface area contributed by atoms with E-state index < -0.39 is 0 Å². The van der Waals surface area contributed by atoms with Crippen LogP contribution < -0.4 is 15.0 Å². The molecule has 2 aromatic rings. The van der Waals surface area contributed by atoms with E-state index in [1.54, 1.807) is 6.20 Å². The minimum atomic E-state index is 0.694. The highest BCUT2D eigenvalue weighted by Gasteiger charge is 2.04. The highest BCUT2D eigenvalue weighted by molar-refractivity contribution is 5.64. The molecule has 1 aromatic carbocycles. The third-order valence-corrected chi connectivity index (χ3v) is 2.93. The van der Waals surface area contributed by atoms with E-state index in [1.165, 1.54) is 5.56 Å². The predicted molar refractivity (Wildman–Crippen MR) is 83.5 cm³/mol. The SMILES string of the molecule is CCOc1ccc(CNc2cccnc2N(C)C)cc1. The van der Waals surface area contributed by atoms with Crippen LogP contribution in [0.3, 0.4) is 0 Å². The lowest BCUT2D eigenvalue weighted by atomic mass is 10.2. The molecule has 0 unspecified atom stereocenters. The van der Waals surface area contributed by atoms with Crippen molar-refractivity contribution in [1.82, 2.24) is 4.98 Å². The lowest BCUT2D eigenvalue weighted by Gasteiger charge is -2.17. The van der Waals surface area contributed by atoms with E-state index in [1.807, 2.05) is 50.2 Å². The van der Waals surface area contributed by atoms with Crippen LogP contribution in [0.4, 0.5) is 11.5 Å². The Bertz CT molecular complexity index is 538. The van der Waals surface area contributed by atoms with Gasteiger partial charge in [-0.05, 0) is 36.8 Å². The van der Waals surface area contributed by atoms with Gasteiger partial charge in [-0.25, -0.2) is 4.98 Å². The molecule has 1 aromatic heterocycles. The molecule has 4 heteroatoms. The second-order valence-electron chi connectivity index (χ2n) is 4.70. The first-order chi connectivity index (χ1) is 9.70. The van der Waals surface area contributed by atoms with Gasteiger partial charge in [0, 0.05) is 26.8 Å². The van der Waals surface area contributed by atoms with Gasteiger partial charge in [0.15, 0.2) is 5.82 Å². The van der Waals surface area contributed by atoms with E-state index in [2.05, 4.69) is 22.4 Å². The molecule has 0 aliphatic rings. The number of benzene rings is 1. The summed E-state index contributed by atoms with van der Waals surface area (Å²) in [6.45, 7) is 3.44. The minimum absolute atomic E-state index is 0.694. The first-order valence-corrected chi connectivity index (χ1v) is 6.78. The summed E-state index contributed by atoms with van der Waals surface area (Å²) in [4.78, 5) is 6.37. The average molecular weight is 271 g/mol. The first-order valence-electron chi connectivity index (χ1n) is 6.78. The Morgan fingerprint density at radius 2 is 1.90 bits per heavy atom. The van der Waals surface area contributed by atoms with Crippen molar-refractivity contribution in [3.63, 3.8) is 0 Å². The Morgan fingerprint density at radius 3 is 2.55 bits per heavy atom. The monoisotopic (exact) mass is 271 g/mol. The molecular weight excluding hydrogens is 250 g/mol. The summed E-state index contributed by atoms with van der Waals surface area (Å²) in [6, 6.07) is 12.1. The molecule has 0 saturated carbocycles. The van der Waals surface area contributed by atoms with Crippen molar-refractivity contribution in [1.29, 1.82) is 0 Å². The minimum Gasteiger partial charge on any atom is -0.494 e. The molecular formula is C16H21N3O. The van der Waals surface area contributed by atoms with Gasteiger partial charge in [0.1, 0.15) is 5.75 Å². The van der Waals surface area contributed by atoms with E-state index in [-0.39, 0.29) is 0 Å². The lowest BCUT2D eigenvalue weighted by molar-refractivity contribution is 0.340. The normalized spacial score (nSPS) is 10.2.